The van der Waals surface area contributed by atoms with Crippen molar-refractivity contribution < 1.29 is 25.3 Å². The molecule has 0 saturated carbocycles. The highest BCUT2D eigenvalue weighted by molar-refractivity contribution is 8.07. The van der Waals surface area contributed by atoms with Crippen LogP contribution in [0.2, 0.25) is 0 Å². The summed E-state index contributed by atoms with van der Waals surface area (Å²) in [5.74, 6) is 0. The van der Waals surface area contributed by atoms with E-state index in [2.05, 4.69) is 0 Å². The molecule has 0 rings (SSSR count). The molecule has 0 aliphatic heterocycles. The van der Waals surface area contributed by atoms with Gasteiger partial charge in [0, 0.05) is 0 Å². The van der Waals surface area contributed by atoms with Gasteiger partial charge in [0.1, 0.15) is 0 Å². The Morgan fingerprint density at radius 3 is 1.56 bits per heavy atom. The Morgan fingerprint density at radius 1 is 1.22 bits per heavy atom. The van der Waals surface area contributed by atoms with E-state index in [1.165, 1.54) is 4.13 Å². The largest absolute Gasteiger partial charge is 0.383 e. The first-order valence-electron chi connectivity index (χ1n) is 1.37. The molecule has 1 N–H and O–H groups in total. The summed E-state index contributed by atoms with van der Waals surface area (Å²) in [4.78, 5) is 0. The summed E-state index contributed by atoms with van der Waals surface area (Å²) in [6, 6.07) is 0. The maximum atomic E-state index is 11.2. The minimum absolute atomic E-state index is 1.38. The zero-order chi connectivity index (χ0) is 7.71. The van der Waals surface area contributed by atoms with Crippen molar-refractivity contribution >= 4 is 20.7 Å². The third kappa shape index (κ3) is 7.75. The van der Waals surface area contributed by atoms with E-state index in [0.29, 0.717) is 0 Å². The topological polar surface area (TPSA) is 103 Å². The first-order chi connectivity index (χ1) is 3.71. The second-order valence-corrected chi connectivity index (χ2v) is 3.25. The van der Waals surface area contributed by atoms with E-state index in [9.17, 15) is 20.7 Å². The molecule has 0 aliphatic rings. The van der Waals surface area contributed by atoms with Crippen LogP contribution in [0.1, 0.15) is 0 Å². The molecule has 0 aromatic carbocycles. The summed E-state index contributed by atoms with van der Waals surface area (Å²) < 4.78 is 57.4. The third-order valence-corrected chi connectivity index (χ3v) is 1.65. The highest BCUT2D eigenvalue weighted by Gasteiger charge is 1.98. The molecule has 0 amide bonds. The lowest BCUT2D eigenvalue weighted by Crippen LogP contribution is -1.99. The number of hydrogen-bond donors (Lipinski definition) is 1. The lowest BCUT2D eigenvalue weighted by atomic mass is 13.9. The van der Waals surface area contributed by atoms with Crippen molar-refractivity contribution in [3.63, 3.8) is 0 Å². The minimum atomic E-state index is -5.49. The molecule has 9 heavy (non-hydrogen) atoms. The highest BCUT2D eigenvalue weighted by Crippen LogP contribution is 2.07. The molecule has 56 valence electrons. The van der Waals surface area contributed by atoms with Crippen molar-refractivity contribution in [1.29, 1.82) is 0 Å². The maximum absolute atomic E-state index is 11.2. The van der Waals surface area contributed by atoms with E-state index < -0.39 is 20.7 Å². The summed E-state index contributed by atoms with van der Waals surface area (Å²) in [5, 5.41) is 0. The highest BCUT2D eigenvalue weighted by atomic mass is 32.3. The van der Waals surface area contributed by atoms with E-state index in [0.717, 1.165) is 0 Å². The molecule has 9 heteroatoms. The molecule has 0 atom stereocenters. The molecule has 0 spiro atoms. The van der Waals surface area contributed by atoms with Gasteiger partial charge in [-0.25, -0.2) is 16.8 Å². The molecular weight excluding hydrogens is 177 g/mol. The van der Waals surface area contributed by atoms with Crippen LogP contribution in [0.4, 0.5) is 3.89 Å². The summed E-state index contributed by atoms with van der Waals surface area (Å²) in [5.41, 5.74) is 0. The van der Waals surface area contributed by atoms with Gasteiger partial charge in [-0.15, -0.1) is 3.89 Å². The quantitative estimate of drug-likeness (QED) is 0.448. The van der Waals surface area contributed by atoms with Crippen LogP contribution in [-0.2, 0) is 20.7 Å². The molecule has 0 aromatic rings. The fourth-order valence-corrected chi connectivity index (χ4v) is 1.01. The van der Waals surface area contributed by atoms with Crippen molar-refractivity contribution in [2.75, 3.05) is 0 Å². The Balaban J connectivity index is 4.46. The number of nitrogens with zero attached hydrogens (tertiary/aromatic N) is 1. The Labute approximate surface area is 50.9 Å². The van der Waals surface area contributed by atoms with Crippen LogP contribution in [0.15, 0.2) is 0 Å². The van der Waals surface area contributed by atoms with Gasteiger partial charge in [0.05, 0.1) is 0 Å². The fourth-order valence-electron chi connectivity index (χ4n) is 0.113. The molecule has 0 aromatic heterocycles. The summed E-state index contributed by atoms with van der Waals surface area (Å²) in [6.45, 7) is 0. The van der Waals surface area contributed by atoms with E-state index in [4.69, 9.17) is 4.55 Å². The summed E-state index contributed by atoms with van der Waals surface area (Å²) in [7, 11) is -10.6. The van der Waals surface area contributed by atoms with E-state index in [1.807, 2.05) is 0 Å². The molecule has 0 heterocycles. The van der Waals surface area contributed by atoms with Crippen molar-refractivity contribution in [3.8, 4) is 0 Å². The lowest BCUT2D eigenvalue weighted by molar-refractivity contribution is 0.491. The van der Waals surface area contributed by atoms with Gasteiger partial charge in [-0.3, -0.25) is 4.55 Å². The average molecular weight is 178 g/mol. The van der Waals surface area contributed by atoms with Gasteiger partial charge in [-0.05, 0) is 0 Å². The zero-order valence-electron chi connectivity index (χ0n) is 3.72. The van der Waals surface area contributed by atoms with Crippen molar-refractivity contribution in [2.45, 2.75) is 0 Å². The Bertz CT molecular complexity index is 240. The van der Waals surface area contributed by atoms with Crippen molar-refractivity contribution in [3.05, 3.63) is 4.13 Å². The molecule has 0 aliphatic carbocycles. The first-order valence-corrected chi connectivity index (χ1v) is 4.11. The van der Waals surface area contributed by atoms with Crippen molar-refractivity contribution in [2.24, 2.45) is 0 Å². The number of hydrogen-bond acceptors (Lipinski definition) is 4. The molecule has 6 nitrogen and oxygen atoms in total. The summed E-state index contributed by atoms with van der Waals surface area (Å²) in [6.07, 6.45) is 0. The Kier molecular flexibility index (Phi) is 2.11. The fraction of sp³-hybridized carbons (Fsp3) is 0. The van der Waals surface area contributed by atoms with Gasteiger partial charge < -0.3 is 4.13 Å². The van der Waals surface area contributed by atoms with Crippen LogP contribution < -0.4 is 0 Å². The molecule has 0 bridgehead atoms. The zero-order valence-corrected chi connectivity index (χ0v) is 5.35. The first kappa shape index (κ1) is 8.75. The Morgan fingerprint density at radius 2 is 1.56 bits per heavy atom. The van der Waals surface area contributed by atoms with Gasteiger partial charge in [-0.2, -0.15) is 0 Å². The van der Waals surface area contributed by atoms with Crippen LogP contribution in [0.25, 0.3) is 4.13 Å². The molecule has 0 fully saturated rings. The van der Waals surface area contributed by atoms with E-state index in [-0.39, 0.29) is 0 Å². The van der Waals surface area contributed by atoms with Gasteiger partial charge >= 0.3 is 0 Å². The normalized spacial score (nSPS) is 13.6. The van der Waals surface area contributed by atoms with E-state index >= 15 is 0 Å². The van der Waals surface area contributed by atoms with Crippen molar-refractivity contribution in [1.82, 2.24) is 0 Å². The van der Waals surface area contributed by atoms with Crippen LogP contribution in [-0.4, -0.2) is 21.4 Å². The third-order valence-electron chi connectivity index (χ3n) is 0.183. The number of halogens is 1. The van der Waals surface area contributed by atoms with Gasteiger partial charge in [0.2, 0.25) is 20.7 Å². The minimum Gasteiger partial charge on any atom is -0.383 e. The molecular formula is HFNO5S2-. The SMILES string of the molecule is O=S(=O)(O)[N-]S(=O)(=O)F. The standard InChI is InChI=1S/FHNO5S2/c1-8(3,4)2-9(5,6)7/h(H,5,6,7)/q-1. The second-order valence-electron chi connectivity index (χ2n) is 0.934. The van der Waals surface area contributed by atoms with Gasteiger partial charge in [0.25, 0.3) is 0 Å². The Hall–Kier alpha value is -0.250. The van der Waals surface area contributed by atoms with Crippen LogP contribution in [0, 0.1) is 0 Å². The summed E-state index contributed by atoms with van der Waals surface area (Å²) >= 11 is 0. The second kappa shape index (κ2) is 2.17. The maximum Gasteiger partial charge on any atom is 0.241 e. The lowest BCUT2D eigenvalue weighted by Gasteiger charge is -2.06. The van der Waals surface area contributed by atoms with Crippen LogP contribution in [0.3, 0.4) is 0 Å². The molecule has 0 saturated heterocycles. The van der Waals surface area contributed by atoms with Crippen LogP contribution in [0.5, 0.6) is 0 Å². The van der Waals surface area contributed by atoms with Crippen LogP contribution >= 0.6 is 0 Å². The predicted octanol–water partition coefficient (Wildman–Crippen LogP) is -0.623. The van der Waals surface area contributed by atoms with E-state index in [1.54, 1.807) is 0 Å². The van der Waals surface area contributed by atoms with Gasteiger partial charge in [-0.1, -0.05) is 0 Å². The smallest absolute Gasteiger partial charge is 0.241 e. The molecule has 0 radical (unpaired) electrons. The number of rotatable bonds is 2. The molecule has 0 unspecified atom stereocenters. The predicted molar refractivity (Wildman–Crippen MR) is 24.9 cm³/mol. The van der Waals surface area contributed by atoms with Gasteiger partial charge in [0.15, 0.2) is 0 Å². The average Bonchev–Trinajstić information content (AvgIpc) is 1.14. The monoisotopic (exact) mass is 178 g/mol.